The first kappa shape index (κ1) is 41.7. The summed E-state index contributed by atoms with van der Waals surface area (Å²) in [6.45, 7) is 8.23. The van der Waals surface area contributed by atoms with Crippen molar-refractivity contribution in [2.24, 2.45) is 0 Å². The molecule has 0 aliphatic carbocycles. The first-order valence-electron chi connectivity index (χ1n) is 20.2. The molecule has 0 amide bonds. The van der Waals surface area contributed by atoms with Crippen molar-refractivity contribution in [1.29, 1.82) is 0 Å². The van der Waals surface area contributed by atoms with Crippen molar-refractivity contribution in [2.75, 3.05) is 6.54 Å². The average Bonchev–Trinajstić information content (AvgIpc) is 3.00. The molecule has 1 atom stereocenters. The molecule has 0 saturated heterocycles. The number of unbranched alkanes of at least 4 members (excludes halogenated alkanes) is 30. The van der Waals surface area contributed by atoms with Gasteiger partial charge in [-0.3, -0.25) is 0 Å². The molecular weight excluding hydrogens is 506 g/mol. The molecule has 1 unspecified atom stereocenters. The van der Waals surface area contributed by atoms with Crippen LogP contribution in [0.15, 0.2) is 12.2 Å². The zero-order valence-electron chi connectivity index (χ0n) is 30.0. The van der Waals surface area contributed by atoms with Crippen molar-refractivity contribution < 1.29 is 0 Å². The summed E-state index contributed by atoms with van der Waals surface area (Å²) in [5, 5.41) is 3.78. The van der Waals surface area contributed by atoms with E-state index in [4.69, 9.17) is 0 Å². The minimum atomic E-state index is 0.707. The number of nitrogens with one attached hydrogen (secondary N) is 1. The molecule has 42 heavy (non-hydrogen) atoms. The second-order valence-electron chi connectivity index (χ2n) is 13.9. The Balaban J connectivity index is 3.17. The second kappa shape index (κ2) is 38.7. The number of allylic oxidation sites excluding steroid dienone is 2. The van der Waals surface area contributed by atoms with Crippen molar-refractivity contribution in [3.63, 3.8) is 0 Å². The van der Waals surface area contributed by atoms with E-state index in [1.165, 1.54) is 225 Å². The van der Waals surface area contributed by atoms with Gasteiger partial charge in [0.25, 0.3) is 0 Å². The van der Waals surface area contributed by atoms with Gasteiger partial charge in [-0.15, -0.1) is 0 Å². The van der Waals surface area contributed by atoms with Gasteiger partial charge in [0.2, 0.25) is 0 Å². The van der Waals surface area contributed by atoms with E-state index >= 15 is 0 Å². The molecule has 0 fully saturated rings. The normalized spacial score (nSPS) is 12.5. The lowest BCUT2D eigenvalue weighted by Gasteiger charge is -2.13. The van der Waals surface area contributed by atoms with Crippen LogP contribution in [-0.4, -0.2) is 12.6 Å². The molecule has 0 rings (SSSR count). The highest BCUT2D eigenvalue weighted by Crippen LogP contribution is 2.15. The predicted molar refractivity (Wildman–Crippen MR) is 195 cm³/mol. The van der Waals surface area contributed by atoms with Crippen LogP contribution in [0, 0.1) is 0 Å². The third-order valence-electron chi connectivity index (χ3n) is 9.42. The first-order valence-corrected chi connectivity index (χ1v) is 20.2. The van der Waals surface area contributed by atoms with E-state index in [-0.39, 0.29) is 0 Å². The van der Waals surface area contributed by atoms with Crippen molar-refractivity contribution in [3.05, 3.63) is 12.2 Å². The highest BCUT2D eigenvalue weighted by molar-refractivity contribution is 4.81. The van der Waals surface area contributed by atoms with Gasteiger partial charge in [0.1, 0.15) is 0 Å². The Labute approximate surface area is 268 Å². The van der Waals surface area contributed by atoms with Gasteiger partial charge in [0.15, 0.2) is 0 Å². The van der Waals surface area contributed by atoms with Crippen molar-refractivity contribution in [1.82, 2.24) is 5.32 Å². The lowest BCUT2D eigenvalue weighted by Crippen LogP contribution is -2.26. The zero-order valence-corrected chi connectivity index (χ0v) is 30.0. The Morgan fingerprint density at radius 1 is 0.357 bits per heavy atom. The third-order valence-corrected chi connectivity index (χ3v) is 9.42. The Kier molecular flexibility index (Phi) is 38.4. The lowest BCUT2D eigenvalue weighted by molar-refractivity contribution is 0.463. The molecule has 0 radical (unpaired) electrons. The fourth-order valence-electron chi connectivity index (χ4n) is 6.35. The largest absolute Gasteiger partial charge is 0.314 e. The van der Waals surface area contributed by atoms with Crippen LogP contribution in [0.3, 0.4) is 0 Å². The summed E-state index contributed by atoms with van der Waals surface area (Å²) in [5.74, 6) is 0. The van der Waals surface area contributed by atoms with E-state index < -0.39 is 0 Å². The quantitative estimate of drug-likeness (QED) is 0.0561. The van der Waals surface area contributed by atoms with Gasteiger partial charge in [-0.2, -0.15) is 0 Å². The first-order chi connectivity index (χ1) is 20.8. The van der Waals surface area contributed by atoms with Gasteiger partial charge < -0.3 is 5.32 Å². The van der Waals surface area contributed by atoms with Gasteiger partial charge in [-0.25, -0.2) is 0 Å². The fourth-order valence-corrected chi connectivity index (χ4v) is 6.35. The van der Waals surface area contributed by atoms with Crippen LogP contribution in [0.5, 0.6) is 0 Å². The van der Waals surface area contributed by atoms with E-state index in [0.717, 1.165) is 0 Å². The monoisotopic (exact) mass is 590 g/mol. The molecule has 1 nitrogen and oxygen atoms in total. The summed E-state index contributed by atoms with van der Waals surface area (Å²) in [7, 11) is 0. The Hall–Kier alpha value is -0.300. The summed E-state index contributed by atoms with van der Waals surface area (Å²) in [6.07, 6.45) is 53.6. The van der Waals surface area contributed by atoms with Crippen LogP contribution in [0.1, 0.15) is 239 Å². The maximum Gasteiger partial charge on any atom is 0.00387 e. The second-order valence-corrected chi connectivity index (χ2v) is 13.9. The van der Waals surface area contributed by atoms with Crippen LogP contribution in [-0.2, 0) is 0 Å². The highest BCUT2D eigenvalue weighted by Gasteiger charge is 2.01. The summed E-state index contributed by atoms with van der Waals surface area (Å²) in [4.78, 5) is 0. The van der Waals surface area contributed by atoms with E-state index in [9.17, 15) is 0 Å². The maximum atomic E-state index is 3.78. The molecule has 1 N–H and O–H groups in total. The molecule has 0 aromatic carbocycles. The van der Waals surface area contributed by atoms with Crippen molar-refractivity contribution >= 4 is 0 Å². The molecule has 0 aromatic heterocycles. The minimum absolute atomic E-state index is 0.707. The van der Waals surface area contributed by atoms with Crippen LogP contribution in [0.2, 0.25) is 0 Å². The molecule has 1 heteroatoms. The van der Waals surface area contributed by atoms with E-state index in [0.29, 0.717) is 6.04 Å². The molecule has 0 bridgehead atoms. The summed E-state index contributed by atoms with van der Waals surface area (Å²) >= 11 is 0. The van der Waals surface area contributed by atoms with Crippen molar-refractivity contribution in [3.8, 4) is 0 Å². The number of hydrogen-bond acceptors (Lipinski definition) is 1. The molecule has 0 aliphatic rings. The lowest BCUT2D eigenvalue weighted by atomic mass is 10.0. The van der Waals surface area contributed by atoms with E-state index in [2.05, 4.69) is 38.2 Å². The molecule has 0 aromatic rings. The van der Waals surface area contributed by atoms with E-state index in [1.54, 1.807) is 0 Å². The van der Waals surface area contributed by atoms with Gasteiger partial charge >= 0.3 is 0 Å². The van der Waals surface area contributed by atoms with Gasteiger partial charge in [-0.05, 0) is 52.0 Å². The van der Waals surface area contributed by atoms with Gasteiger partial charge in [0, 0.05) is 6.04 Å². The molecule has 0 saturated carbocycles. The summed E-state index contributed by atoms with van der Waals surface area (Å²) in [6, 6.07) is 0.707. The van der Waals surface area contributed by atoms with Gasteiger partial charge in [-0.1, -0.05) is 206 Å². The van der Waals surface area contributed by atoms with Crippen molar-refractivity contribution in [2.45, 2.75) is 245 Å². The SMILES string of the molecule is CCCCCCCCC=CCCCCCCCCNC(C)CCCCCCCCCCCCCCCCCCCCC. The van der Waals surface area contributed by atoms with Gasteiger partial charge in [0.05, 0.1) is 0 Å². The maximum absolute atomic E-state index is 3.78. The molecule has 0 aliphatic heterocycles. The third kappa shape index (κ3) is 37.7. The van der Waals surface area contributed by atoms with E-state index in [1.807, 2.05) is 0 Å². The Morgan fingerprint density at radius 3 is 1.00 bits per heavy atom. The summed E-state index contributed by atoms with van der Waals surface area (Å²) in [5.41, 5.74) is 0. The van der Waals surface area contributed by atoms with Crippen LogP contribution in [0.4, 0.5) is 0 Å². The molecule has 0 heterocycles. The van der Waals surface area contributed by atoms with Crippen LogP contribution >= 0.6 is 0 Å². The standard InChI is InChI=1S/C41H83N/c1-4-6-8-10-12-14-16-18-20-22-23-24-25-27-29-31-33-35-37-39-41(3)42-40-38-36-34-32-30-28-26-21-19-17-15-13-11-9-7-5-2/h19,21,41-42H,4-18,20,22-40H2,1-3H3. The smallest absolute Gasteiger partial charge is 0.00387 e. The molecule has 252 valence electrons. The number of hydrogen-bond donors (Lipinski definition) is 1. The Morgan fingerprint density at radius 2 is 0.643 bits per heavy atom. The molecule has 0 spiro atoms. The Bertz CT molecular complexity index is 483. The highest BCUT2D eigenvalue weighted by atomic mass is 14.9. The predicted octanol–water partition coefficient (Wildman–Crippen LogP) is 14.8. The van der Waals surface area contributed by atoms with Crippen LogP contribution < -0.4 is 5.32 Å². The average molecular weight is 590 g/mol. The summed E-state index contributed by atoms with van der Waals surface area (Å²) < 4.78 is 0. The molecular formula is C41H83N. The fraction of sp³-hybridized carbons (Fsp3) is 0.951. The van der Waals surface area contributed by atoms with Crippen LogP contribution in [0.25, 0.3) is 0 Å². The number of rotatable bonds is 37. The topological polar surface area (TPSA) is 12.0 Å². The zero-order chi connectivity index (χ0) is 30.4. The minimum Gasteiger partial charge on any atom is -0.314 e.